The lowest BCUT2D eigenvalue weighted by molar-refractivity contribution is 0.727. The number of thiophene rings is 1. The number of nitrogens with zero attached hydrogens (tertiary/aromatic N) is 5. The molecule has 0 atom stereocenters. The highest BCUT2D eigenvalue weighted by molar-refractivity contribution is 7.98. The minimum absolute atomic E-state index is 0.507. The largest absolute Gasteiger partial charge is 0.334 e. The normalized spacial score (nSPS) is 11.2. The Morgan fingerprint density at radius 1 is 1.33 bits per heavy atom. The van der Waals surface area contributed by atoms with Gasteiger partial charge in [0.2, 0.25) is 5.16 Å². The fourth-order valence-electron chi connectivity index (χ4n) is 1.91. The van der Waals surface area contributed by atoms with Crippen LogP contribution in [0.1, 0.15) is 16.3 Å². The number of nitrogens with two attached hydrogens (primary N) is 1. The molecule has 0 aliphatic heterocycles. The van der Waals surface area contributed by atoms with Gasteiger partial charge in [0.05, 0.1) is 10.0 Å². The second-order valence-electron chi connectivity index (χ2n) is 4.49. The molecule has 0 spiro atoms. The van der Waals surface area contributed by atoms with Crippen molar-refractivity contribution >= 4 is 34.7 Å². The number of aryl methyl sites for hydroxylation is 2. The van der Waals surface area contributed by atoms with E-state index in [0.29, 0.717) is 11.1 Å². The molecule has 0 fully saturated rings. The lowest BCUT2D eigenvalue weighted by atomic mass is 10.4. The van der Waals surface area contributed by atoms with Crippen LogP contribution in [0.15, 0.2) is 23.4 Å². The molecular formula is C12H13ClN6S2. The molecule has 3 heterocycles. The fourth-order valence-corrected chi connectivity index (χ4v) is 3.89. The van der Waals surface area contributed by atoms with Gasteiger partial charge in [-0.3, -0.25) is 0 Å². The summed E-state index contributed by atoms with van der Waals surface area (Å²) >= 11 is 8.98. The molecule has 9 heteroatoms. The highest BCUT2D eigenvalue weighted by atomic mass is 35.5. The van der Waals surface area contributed by atoms with E-state index in [1.54, 1.807) is 16.0 Å². The molecule has 0 aliphatic carbocycles. The average molecular weight is 341 g/mol. The molecule has 2 N–H and O–H groups in total. The number of aromatic nitrogens is 5. The van der Waals surface area contributed by atoms with Gasteiger partial charge in [-0.05, 0) is 32.0 Å². The van der Waals surface area contributed by atoms with Gasteiger partial charge in [0.25, 0.3) is 5.95 Å². The number of halogens is 1. The molecule has 0 aliphatic rings. The van der Waals surface area contributed by atoms with E-state index in [-0.39, 0.29) is 0 Å². The average Bonchev–Trinajstić information content (AvgIpc) is 3.08. The maximum atomic E-state index is 6.07. The van der Waals surface area contributed by atoms with Crippen molar-refractivity contribution in [3.63, 3.8) is 0 Å². The zero-order chi connectivity index (χ0) is 15.0. The minimum atomic E-state index is 0.507. The standard InChI is InChI=1S/C12H13ClN6S2/c1-7-5-8(2)19(17-7)11-15-16-12(18(11)14)20-6-9-3-4-10(13)21-9/h3-5H,6,14H2,1-2H3. The van der Waals surface area contributed by atoms with Gasteiger partial charge in [-0.2, -0.15) is 5.10 Å². The van der Waals surface area contributed by atoms with Crippen LogP contribution in [0.2, 0.25) is 4.34 Å². The van der Waals surface area contributed by atoms with E-state index >= 15 is 0 Å². The second kappa shape index (κ2) is 5.70. The van der Waals surface area contributed by atoms with Crippen LogP contribution in [0.25, 0.3) is 5.95 Å². The van der Waals surface area contributed by atoms with Gasteiger partial charge in [0.15, 0.2) is 0 Å². The van der Waals surface area contributed by atoms with Gasteiger partial charge in [-0.1, -0.05) is 23.4 Å². The smallest absolute Gasteiger partial charge is 0.271 e. The highest BCUT2D eigenvalue weighted by Gasteiger charge is 2.15. The minimum Gasteiger partial charge on any atom is -0.334 e. The predicted molar refractivity (Wildman–Crippen MR) is 85.7 cm³/mol. The molecule has 0 radical (unpaired) electrons. The molecule has 0 unspecified atom stereocenters. The molecule has 0 amide bonds. The molecule has 0 bridgehead atoms. The fraction of sp³-hybridized carbons (Fsp3) is 0.250. The van der Waals surface area contributed by atoms with Crippen LogP contribution in [0.4, 0.5) is 0 Å². The van der Waals surface area contributed by atoms with Gasteiger partial charge in [-0.25, -0.2) is 9.36 Å². The number of rotatable bonds is 4. The first kappa shape index (κ1) is 14.4. The highest BCUT2D eigenvalue weighted by Crippen LogP contribution is 2.28. The van der Waals surface area contributed by atoms with Crippen molar-refractivity contribution in [2.75, 3.05) is 5.84 Å². The van der Waals surface area contributed by atoms with Crippen LogP contribution in [-0.2, 0) is 5.75 Å². The van der Waals surface area contributed by atoms with Crippen molar-refractivity contribution < 1.29 is 0 Å². The Labute approximate surface area is 134 Å². The Morgan fingerprint density at radius 2 is 2.14 bits per heavy atom. The third-order valence-corrected chi connectivity index (χ3v) is 5.22. The van der Waals surface area contributed by atoms with Crippen LogP contribution in [-0.4, -0.2) is 24.7 Å². The van der Waals surface area contributed by atoms with E-state index < -0.39 is 0 Å². The van der Waals surface area contributed by atoms with Gasteiger partial charge < -0.3 is 5.84 Å². The summed E-state index contributed by atoms with van der Waals surface area (Å²) in [6.45, 7) is 3.88. The zero-order valence-corrected chi connectivity index (χ0v) is 13.8. The Bertz CT molecular complexity index is 775. The summed E-state index contributed by atoms with van der Waals surface area (Å²) in [5.41, 5.74) is 1.88. The van der Waals surface area contributed by atoms with Crippen LogP contribution >= 0.6 is 34.7 Å². The van der Waals surface area contributed by atoms with Gasteiger partial charge in [-0.15, -0.1) is 21.5 Å². The molecule has 110 valence electrons. The van der Waals surface area contributed by atoms with Crippen molar-refractivity contribution in [2.45, 2.75) is 24.8 Å². The molecule has 21 heavy (non-hydrogen) atoms. The summed E-state index contributed by atoms with van der Waals surface area (Å²) in [5.74, 6) is 7.33. The van der Waals surface area contributed by atoms with Crippen LogP contribution in [0.3, 0.4) is 0 Å². The molecular weight excluding hydrogens is 328 g/mol. The Hall–Kier alpha value is -1.51. The first-order valence-electron chi connectivity index (χ1n) is 6.16. The van der Waals surface area contributed by atoms with Crippen molar-refractivity contribution in [1.82, 2.24) is 24.7 Å². The molecule has 0 aromatic carbocycles. The van der Waals surface area contributed by atoms with E-state index in [1.807, 2.05) is 32.0 Å². The summed E-state index contributed by atoms with van der Waals surface area (Å²) in [5, 5.41) is 13.3. The number of hydrogen-bond donors (Lipinski definition) is 1. The van der Waals surface area contributed by atoms with Crippen LogP contribution in [0.5, 0.6) is 0 Å². The summed E-state index contributed by atoms with van der Waals surface area (Å²) in [6, 6.07) is 5.85. The van der Waals surface area contributed by atoms with Crippen molar-refractivity contribution in [1.29, 1.82) is 0 Å². The predicted octanol–water partition coefficient (Wildman–Crippen LogP) is 2.80. The quantitative estimate of drug-likeness (QED) is 0.584. The van der Waals surface area contributed by atoms with E-state index in [4.69, 9.17) is 17.4 Å². The molecule has 3 aromatic heterocycles. The monoisotopic (exact) mass is 340 g/mol. The van der Waals surface area contributed by atoms with Crippen molar-refractivity contribution in [2.24, 2.45) is 0 Å². The Kier molecular flexibility index (Phi) is 3.92. The van der Waals surface area contributed by atoms with Gasteiger partial charge in [0, 0.05) is 16.3 Å². The third-order valence-electron chi connectivity index (χ3n) is 2.82. The van der Waals surface area contributed by atoms with Crippen molar-refractivity contribution in [3.8, 4) is 5.95 Å². The molecule has 0 saturated heterocycles. The Balaban J connectivity index is 1.81. The zero-order valence-electron chi connectivity index (χ0n) is 11.4. The topological polar surface area (TPSA) is 74.5 Å². The maximum absolute atomic E-state index is 6.07. The van der Waals surface area contributed by atoms with Crippen LogP contribution in [0, 0.1) is 13.8 Å². The maximum Gasteiger partial charge on any atom is 0.271 e. The van der Waals surface area contributed by atoms with E-state index in [1.165, 1.54) is 21.3 Å². The lowest BCUT2D eigenvalue weighted by Crippen LogP contribution is -2.17. The molecule has 0 saturated carbocycles. The number of thioether (sulfide) groups is 1. The summed E-state index contributed by atoms with van der Waals surface area (Å²) in [4.78, 5) is 1.17. The van der Waals surface area contributed by atoms with E-state index in [0.717, 1.165) is 21.5 Å². The van der Waals surface area contributed by atoms with Crippen LogP contribution < -0.4 is 5.84 Å². The SMILES string of the molecule is Cc1cc(C)n(-c2nnc(SCc3ccc(Cl)s3)n2N)n1. The summed E-state index contributed by atoms with van der Waals surface area (Å²) in [7, 11) is 0. The number of hydrogen-bond acceptors (Lipinski definition) is 6. The van der Waals surface area contributed by atoms with E-state index in [2.05, 4.69) is 15.3 Å². The van der Waals surface area contributed by atoms with E-state index in [9.17, 15) is 0 Å². The summed E-state index contributed by atoms with van der Waals surface area (Å²) in [6.07, 6.45) is 0. The van der Waals surface area contributed by atoms with Crippen molar-refractivity contribution in [3.05, 3.63) is 38.8 Å². The summed E-state index contributed by atoms with van der Waals surface area (Å²) < 4.78 is 3.93. The number of nitrogen functional groups attached to an aromatic ring is 1. The molecule has 3 rings (SSSR count). The van der Waals surface area contributed by atoms with Gasteiger partial charge in [0.1, 0.15) is 0 Å². The first-order valence-corrected chi connectivity index (χ1v) is 8.34. The first-order chi connectivity index (χ1) is 10.0. The van der Waals surface area contributed by atoms with Gasteiger partial charge >= 0.3 is 0 Å². The Morgan fingerprint density at radius 3 is 2.76 bits per heavy atom. The molecule has 6 nitrogen and oxygen atoms in total. The lowest BCUT2D eigenvalue weighted by Gasteiger charge is -2.04. The molecule has 3 aromatic rings. The second-order valence-corrected chi connectivity index (χ2v) is 7.23. The third kappa shape index (κ3) is 2.92.